The first-order valence-electron chi connectivity index (χ1n) is 3.85. The molecule has 0 N–H and O–H groups in total. The highest BCUT2D eigenvalue weighted by Crippen LogP contribution is 2.34. The molecule has 1 rings (SSSR count). The fourth-order valence-corrected chi connectivity index (χ4v) is 1.49. The molecule has 2 nitrogen and oxygen atoms in total. The number of thiol groups is 1. The van der Waals surface area contributed by atoms with Crippen LogP contribution in [0.2, 0.25) is 0 Å². The first-order valence-corrected chi connectivity index (χ1v) is 5.28. The van der Waals surface area contributed by atoms with E-state index in [1.807, 2.05) is 18.2 Å². The molecule has 0 aliphatic rings. The summed E-state index contributed by atoms with van der Waals surface area (Å²) in [7, 11) is 1.62. The molecule has 0 saturated carbocycles. The summed E-state index contributed by atoms with van der Waals surface area (Å²) in [4.78, 5) is 0. The van der Waals surface area contributed by atoms with Crippen molar-refractivity contribution in [1.82, 2.24) is 0 Å². The second-order valence-corrected chi connectivity index (χ2v) is 3.64. The van der Waals surface area contributed by atoms with Gasteiger partial charge in [-0.1, -0.05) is 6.07 Å². The van der Waals surface area contributed by atoms with E-state index in [9.17, 15) is 0 Å². The SMILES string of the molecule is COc1cccc(Br)c1OCCS. The molecule has 0 amide bonds. The van der Waals surface area contributed by atoms with Crippen LogP contribution in [-0.4, -0.2) is 19.5 Å². The summed E-state index contributed by atoms with van der Waals surface area (Å²) in [5.41, 5.74) is 0. The monoisotopic (exact) mass is 262 g/mol. The molecule has 0 fully saturated rings. The van der Waals surface area contributed by atoms with Crippen molar-refractivity contribution in [2.24, 2.45) is 0 Å². The lowest BCUT2D eigenvalue weighted by Crippen LogP contribution is -2.00. The third kappa shape index (κ3) is 2.81. The maximum Gasteiger partial charge on any atom is 0.175 e. The average Bonchev–Trinajstić information content (AvgIpc) is 2.15. The first-order chi connectivity index (χ1) is 6.29. The minimum atomic E-state index is 0.572. The standard InChI is InChI=1S/C9H11BrO2S/c1-11-8-4-2-3-7(10)9(8)12-5-6-13/h2-4,13H,5-6H2,1H3. The number of rotatable bonds is 4. The minimum absolute atomic E-state index is 0.572. The molecule has 0 aliphatic heterocycles. The summed E-state index contributed by atoms with van der Waals surface area (Å²) in [6.45, 7) is 0.572. The summed E-state index contributed by atoms with van der Waals surface area (Å²) in [5.74, 6) is 2.15. The lowest BCUT2D eigenvalue weighted by Gasteiger charge is -2.10. The van der Waals surface area contributed by atoms with Crippen LogP contribution in [0.25, 0.3) is 0 Å². The fourth-order valence-electron chi connectivity index (χ4n) is 0.938. The van der Waals surface area contributed by atoms with Gasteiger partial charge in [0.2, 0.25) is 0 Å². The molecule has 0 radical (unpaired) electrons. The van der Waals surface area contributed by atoms with Crippen molar-refractivity contribution in [2.75, 3.05) is 19.5 Å². The van der Waals surface area contributed by atoms with Crippen LogP contribution in [0, 0.1) is 0 Å². The smallest absolute Gasteiger partial charge is 0.175 e. The Bertz CT molecular complexity index is 278. The van der Waals surface area contributed by atoms with Gasteiger partial charge in [-0.2, -0.15) is 12.6 Å². The van der Waals surface area contributed by atoms with Gasteiger partial charge in [0.25, 0.3) is 0 Å². The Labute approximate surface area is 91.8 Å². The van der Waals surface area contributed by atoms with E-state index < -0.39 is 0 Å². The maximum absolute atomic E-state index is 5.46. The van der Waals surface area contributed by atoms with Crippen molar-refractivity contribution in [3.63, 3.8) is 0 Å². The highest BCUT2D eigenvalue weighted by molar-refractivity contribution is 9.10. The Kier molecular flexibility index (Phi) is 4.45. The second-order valence-electron chi connectivity index (χ2n) is 2.34. The first kappa shape index (κ1) is 10.7. The number of hydrogen-bond donors (Lipinski definition) is 1. The number of benzene rings is 1. The minimum Gasteiger partial charge on any atom is -0.493 e. The third-order valence-electron chi connectivity index (χ3n) is 1.49. The lowest BCUT2D eigenvalue weighted by molar-refractivity contribution is 0.312. The number of ether oxygens (including phenoxy) is 2. The van der Waals surface area contributed by atoms with Crippen LogP contribution >= 0.6 is 28.6 Å². The van der Waals surface area contributed by atoms with E-state index in [4.69, 9.17) is 9.47 Å². The number of para-hydroxylation sites is 1. The summed E-state index contributed by atoms with van der Waals surface area (Å²) in [6.07, 6.45) is 0. The molecule has 0 saturated heterocycles. The zero-order chi connectivity index (χ0) is 9.68. The van der Waals surface area contributed by atoms with Gasteiger partial charge in [-0.25, -0.2) is 0 Å². The van der Waals surface area contributed by atoms with Crippen molar-refractivity contribution >= 4 is 28.6 Å². The molecule has 13 heavy (non-hydrogen) atoms. The summed E-state index contributed by atoms with van der Waals surface area (Å²) < 4.78 is 11.5. The molecule has 0 spiro atoms. The molecular weight excluding hydrogens is 252 g/mol. The maximum atomic E-state index is 5.46. The predicted molar refractivity (Wildman–Crippen MR) is 60.0 cm³/mol. The molecular formula is C9H11BrO2S. The van der Waals surface area contributed by atoms with Crippen molar-refractivity contribution in [3.8, 4) is 11.5 Å². The number of methoxy groups -OCH3 is 1. The topological polar surface area (TPSA) is 18.5 Å². The normalized spacial score (nSPS) is 9.77. The van der Waals surface area contributed by atoms with E-state index in [0.29, 0.717) is 12.4 Å². The van der Waals surface area contributed by atoms with E-state index in [1.165, 1.54) is 0 Å². The molecule has 0 unspecified atom stereocenters. The summed E-state index contributed by atoms with van der Waals surface area (Å²) >= 11 is 7.46. The Morgan fingerprint density at radius 2 is 2.23 bits per heavy atom. The highest BCUT2D eigenvalue weighted by atomic mass is 79.9. The van der Waals surface area contributed by atoms with Crippen LogP contribution in [0.1, 0.15) is 0 Å². The quantitative estimate of drug-likeness (QED) is 0.842. The van der Waals surface area contributed by atoms with E-state index in [1.54, 1.807) is 7.11 Å². The van der Waals surface area contributed by atoms with E-state index in [-0.39, 0.29) is 0 Å². The van der Waals surface area contributed by atoms with Gasteiger partial charge in [0, 0.05) is 5.75 Å². The van der Waals surface area contributed by atoms with Crippen LogP contribution in [-0.2, 0) is 0 Å². The zero-order valence-electron chi connectivity index (χ0n) is 7.29. The van der Waals surface area contributed by atoms with E-state index >= 15 is 0 Å². The largest absolute Gasteiger partial charge is 0.493 e. The molecule has 0 atom stereocenters. The van der Waals surface area contributed by atoms with Crippen LogP contribution < -0.4 is 9.47 Å². The van der Waals surface area contributed by atoms with Crippen molar-refractivity contribution < 1.29 is 9.47 Å². The van der Waals surface area contributed by atoms with Gasteiger partial charge in [0.05, 0.1) is 18.2 Å². The van der Waals surface area contributed by atoms with Crippen molar-refractivity contribution in [1.29, 1.82) is 0 Å². The van der Waals surface area contributed by atoms with Crippen LogP contribution in [0.15, 0.2) is 22.7 Å². The Balaban J connectivity index is 2.87. The molecule has 0 aromatic heterocycles. The second kappa shape index (κ2) is 5.40. The molecule has 0 aliphatic carbocycles. The van der Waals surface area contributed by atoms with Gasteiger partial charge in [-0.05, 0) is 28.1 Å². The van der Waals surface area contributed by atoms with Gasteiger partial charge < -0.3 is 9.47 Å². The van der Waals surface area contributed by atoms with E-state index in [0.717, 1.165) is 16.0 Å². The van der Waals surface area contributed by atoms with Gasteiger partial charge >= 0.3 is 0 Å². The molecule has 1 aromatic rings. The van der Waals surface area contributed by atoms with Crippen molar-refractivity contribution in [3.05, 3.63) is 22.7 Å². The van der Waals surface area contributed by atoms with Crippen molar-refractivity contribution in [2.45, 2.75) is 0 Å². The third-order valence-corrected chi connectivity index (χ3v) is 2.30. The van der Waals surface area contributed by atoms with Gasteiger partial charge in [-0.15, -0.1) is 0 Å². The highest BCUT2D eigenvalue weighted by Gasteiger charge is 2.07. The molecule has 72 valence electrons. The number of halogens is 1. The van der Waals surface area contributed by atoms with Crippen LogP contribution in [0.5, 0.6) is 11.5 Å². The molecule has 1 aromatic carbocycles. The zero-order valence-corrected chi connectivity index (χ0v) is 9.77. The number of hydrogen-bond acceptors (Lipinski definition) is 3. The lowest BCUT2D eigenvalue weighted by atomic mass is 10.3. The Morgan fingerprint density at radius 3 is 2.85 bits per heavy atom. The van der Waals surface area contributed by atoms with Crippen LogP contribution in [0.4, 0.5) is 0 Å². The van der Waals surface area contributed by atoms with Gasteiger partial charge in [0.1, 0.15) is 0 Å². The Hall–Kier alpha value is -0.350. The Morgan fingerprint density at radius 1 is 1.46 bits per heavy atom. The van der Waals surface area contributed by atoms with Gasteiger partial charge in [-0.3, -0.25) is 0 Å². The van der Waals surface area contributed by atoms with Crippen LogP contribution in [0.3, 0.4) is 0 Å². The fraction of sp³-hybridized carbons (Fsp3) is 0.333. The summed E-state index contributed by atoms with van der Waals surface area (Å²) in [6, 6.07) is 5.67. The predicted octanol–water partition coefficient (Wildman–Crippen LogP) is 2.77. The van der Waals surface area contributed by atoms with E-state index in [2.05, 4.69) is 28.6 Å². The summed E-state index contributed by atoms with van der Waals surface area (Å²) in [5, 5.41) is 0. The molecule has 0 bridgehead atoms. The molecule has 4 heteroatoms. The average molecular weight is 263 g/mol. The van der Waals surface area contributed by atoms with Gasteiger partial charge in [0.15, 0.2) is 11.5 Å². The molecule has 0 heterocycles.